The average molecular weight is 239 g/mol. The first-order valence-corrected chi connectivity index (χ1v) is 6.48. The minimum atomic E-state index is 0.275. The van der Waals surface area contributed by atoms with Crippen LogP contribution in [0.25, 0.3) is 21.8 Å². The lowest BCUT2D eigenvalue weighted by Gasteiger charge is -2.06. The summed E-state index contributed by atoms with van der Waals surface area (Å²) in [6, 6.07) is 17.1. The van der Waals surface area contributed by atoms with Crippen molar-refractivity contribution in [2.24, 2.45) is 0 Å². The Kier molecular flexibility index (Phi) is 3.03. The van der Waals surface area contributed by atoms with Gasteiger partial charge in [-0.15, -0.1) is 0 Å². The first kappa shape index (κ1) is 11.3. The summed E-state index contributed by atoms with van der Waals surface area (Å²) in [5, 5.41) is 11.5. The van der Waals surface area contributed by atoms with Gasteiger partial charge in [0.2, 0.25) is 0 Å². The van der Waals surface area contributed by atoms with Crippen LogP contribution in [0.5, 0.6) is 0 Å². The maximum Gasteiger partial charge on any atom is 0.0491 e. The molecule has 0 fully saturated rings. The number of unbranched alkanes of at least 4 members (excludes halogenated alkanes) is 1. The number of aliphatic hydroxyl groups is 1. The largest absolute Gasteiger partial charge is 0.396 e. The Morgan fingerprint density at radius 1 is 0.778 bits per heavy atom. The fourth-order valence-electron chi connectivity index (χ4n) is 2.63. The van der Waals surface area contributed by atoms with Crippen molar-refractivity contribution in [3.8, 4) is 0 Å². The molecule has 3 aromatic rings. The molecule has 0 spiro atoms. The number of hydrogen-bond donors (Lipinski definition) is 1. The SMILES string of the molecule is OCCCCn1c2ccccc2c2ccccc21. The van der Waals surface area contributed by atoms with E-state index in [1.165, 1.54) is 21.8 Å². The predicted octanol–water partition coefficient (Wildman–Crippen LogP) is 3.57. The first-order valence-electron chi connectivity index (χ1n) is 6.48. The number of para-hydroxylation sites is 2. The van der Waals surface area contributed by atoms with Gasteiger partial charge in [0.05, 0.1) is 0 Å². The van der Waals surface area contributed by atoms with Crippen LogP contribution in [0.3, 0.4) is 0 Å². The molecule has 0 aliphatic carbocycles. The lowest BCUT2D eigenvalue weighted by atomic mass is 10.2. The molecule has 0 unspecified atom stereocenters. The molecule has 2 nitrogen and oxygen atoms in total. The van der Waals surface area contributed by atoms with Crippen LogP contribution in [0.2, 0.25) is 0 Å². The van der Waals surface area contributed by atoms with Crippen LogP contribution < -0.4 is 0 Å². The van der Waals surface area contributed by atoms with E-state index in [4.69, 9.17) is 5.11 Å². The number of benzene rings is 2. The lowest BCUT2D eigenvalue weighted by molar-refractivity contribution is 0.282. The molecule has 0 saturated heterocycles. The van der Waals surface area contributed by atoms with Gasteiger partial charge < -0.3 is 9.67 Å². The van der Waals surface area contributed by atoms with Gasteiger partial charge in [0.1, 0.15) is 0 Å². The Hall–Kier alpha value is -1.80. The zero-order valence-corrected chi connectivity index (χ0v) is 10.3. The molecule has 0 radical (unpaired) electrons. The van der Waals surface area contributed by atoms with Crippen molar-refractivity contribution in [2.45, 2.75) is 19.4 Å². The van der Waals surface area contributed by atoms with Crippen LogP contribution in [0, 0.1) is 0 Å². The molecule has 92 valence electrons. The van der Waals surface area contributed by atoms with Crippen LogP contribution in [-0.4, -0.2) is 16.3 Å². The molecule has 0 aliphatic heterocycles. The lowest BCUT2D eigenvalue weighted by Crippen LogP contribution is -1.98. The summed E-state index contributed by atoms with van der Waals surface area (Å²) in [4.78, 5) is 0. The summed E-state index contributed by atoms with van der Waals surface area (Å²) in [5.74, 6) is 0. The van der Waals surface area contributed by atoms with E-state index in [1.807, 2.05) is 0 Å². The fourth-order valence-corrected chi connectivity index (χ4v) is 2.63. The Bertz CT molecular complexity index is 616. The number of rotatable bonds is 4. The van der Waals surface area contributed by atoms with E-state index < -0.39 is 0 Å². The highest BCUT2D eigenvalue weighted by atomic mass is 16.2. The van der Waals surface area contributed by atoms with Crippen LogP contribution in [-0.2, 0) is 6.54 Å². The minimum absolute atomic E-state index is 0.275. The van der Waals surface area contributed by atoms with Crippen molar-refractivity contribution in [1.82, 2.24) is 4.57 Å². The number of aromatic nitrogens is 1. The van der Waals surface area contributed by atoms with Gasteiger partial charge in [-0.05, 0) is 25.0 Å². The van der Waals surface area contributed by atoms with Gasteiger partial charge >= 0.3 is 0 Å². The van der Waals surface area contributed by atoms with Gasteiger partial charge in [-0.1, -0.05) is 36.4 Å². The average Bonchev–Trinajstić information content (AvgIpc) is 2.74. The van der Waals surface area contributed by atoms with E-state index in [2.05, 4.69) is 53.1 Å². The molecule has 0 amide bonds. The quantitative estimate of drug-likeness (QED) is 0.692. The van der Waals surface area contributed by atoms with Crippen molar-refractivity contribution in [2.75, 3.05) is 6.61 Å². The summed E-state index contributed by atoms with van der Waals surface area (Å²) in [5.41, 5.74) is 2.58. The van der Waals surface area contributed by atoms with E-state index in [-0.39, 0.29) is 6.61 Å². The zero-order valence-electron chi connectivity index (χ0n) is 10.3. The highest BCUT2D eigenvalue weighted by molar-refractivity contribution is 6.07. The third-order valence-corrected chi connectivity index (χ3v) is 3.47. The van der Waals surface area contributed by atoms with Gasteiger partial charge in [-0.25, -0.2) is 0 Å². The van der Waals surface area contributed by atoms with Crippen LogP contribution in [0.4, 0.5) is 0 Å². The maximum atomic E-state index is 8.91. The Morgan fingerprint density at radius 2 is 1.33 bits per heavy atom. The van der Waals surface area contributed by atoms with Gasteiger partial charge in [-0.3, -0.25) is 0 Å². The third kappa shape index (κ3) is 1.79. The second-order valence-electron chi connectivity index (χ2n) is 4.62. The van der Waals surface area contributed by atoms with E-state index in [0.717, 1.165) is 19.4 Å². The summed E-state index contributed by atoms with van der Waals surface area (Å²) in [6.07, 6.45) is 1.88. The van der Waals surface area contributed by atoms with Crippen molar-refractivity contribution < 1.29 is 5.11 Å². The van der Waals surface area contributed by atoms with Crippen LogP contribution in [0.15, 0.2) is 48.5 Å². The standard InChI is InChI=1S/C16H17NO/c18-12-6-5-11-17-15-9-3-1-7-13(15)14-8-2-4-10-16(14)17/h1-4,7-10,18H,5-6,11-12H2. The Morgan fingerprint density at radius 3 is 1.89 bits per heavy atom. The maximum absolute atomic E-state index is 8.91. The molecule has 2 aromatic carbocycles. The fraction of sp³-hybridized carbons (Fsp3) is 0.250. The van der Waals surface area contributed by atoms with E-state index in [9.17, 15) is 0 Å². The summed E-state index contributed by atoms with van der Waals surface area (Å²) in [7, 11) is 0. The molecule has 0 aliphatic rings. The highest BCUT2D eigenvalue weighted by Crippen LogP contribution is 2.28. The van der Waals surface area contributed by atoms with Crippen molar-refractivity contribution >= 4 is 21.8 Å². The molecule has 0 saturated carbocycles. The van der Waals surface area contributed by atoms with Gasteiger partial charge in [0.15, 0.2) is 0 Å². The third-order valence-electron chi connectivity index (χ3n) is 3.47. The van der Waals surface area contributed by atoms with Gasteiger partial charge in [-0.2, -0.15) is 0 Å². The monoisotopic (exact) mass is 239 g/mol. The zero-order chi connectivity index (χ0) is 12.4. The minimum Gasteiger partial charge on any atom is -0.396 e. The molecule has 1 N–H and O–H groups in total. The van der Waals surface area contributed by atoms with Crippen molar-refractivity contribution in [3.05, 3.63) is 48.5 Å². The molecule has 0 atom stereocenters. The molecule has 18 heavy (non-hydrogen) atoms. The Balaban J connectivity index is 2.18. The van der Waals surface area contributed by atoms with E-state index >= 15 is 0 Å². The summed E-state index contributed by atoms with van der Waals surface area (Å²) >= 11 is 0. The predicted molar refractivity (Wildman–Crippen MR) is 75.8 cm³/mol. The number of nitrogens with zero attached hydrogens (tertiary/aromatic N) is 1. The van der Waals surface area contributed by atoms with Crippen LogP contribution in [0.1, 0.15) is 12.8 Å². The van der Waals surface area contributed by atoms with Gasteiger partial charge in [0.25, 0.3) is 0 Å². The van der Waals surface area contributed by atoms with Crippen LogP contribution >= 0.6 is 0 Å². The second-order valence-corrected chi connectivity index (χ2v) is 4.62. The molecule has 2 heteroatoms. The number of aryl methyl sites for hydroxylation is 1. The summed E-state index contributed by atoms with van der Waals surface area (Å²) in [6.45, 7) is 1.24. The normalized spacial score (nSPS) is 11.4. The molecular weight excluding hydrogens is 222 g/mol. The summed E-state index contributed by atoms with van der Waals surface area (Å²) < 4.78 is 2.36. The van der Waals surface area contributed by atoms with Crippen molar-refractivity contribution in [1.29, 1.82) is 0 Å². The molecule has 3 rings (SSSR count). The first-order chi connectivity index (χ1) is 8.92. The van der Waals surface area contributed by atoms with E-state index in [0.29, 0.717) is 0 Å². The highest BCUT2D eigenvalue weighted by Gasteiger charge is 2.08. The van der Waals surface area contributed by atoms with Gasteiger partial charge in [0, 0.05) is 35.0 Å². The second kappa shape index (κ2) is 4.83. The smallest absolute Gasteiger partial charge is 0.0491 e. The molecule has 0 bridgehead atoms. The number of fused-ring (bicyclic) bond motifs is 3. The molecular formula is C16H17NO. The number of aliphatic hydroxyl groups excluding tert-OH is 1. The Labute approximate surface area is 106 Å². The molecule has 1 heterocycles. The topological polar surface area (TPSA) is 25.2 Å². The molecule has 1 aromatic heterocycles. The van der Waals surface area contributed by atoms with Crippen molar-refractivity contribution in [3.63, 3.8) is 0 Å². The number of hydrogen-bond acceptors (Lipinski definition) is 1. The van der Waals surface area contributed by atoms with E-state index in [1.54, 1.807) is 0 Å².